The molecule has 4 amide bonds. The molecule has 4 rings (SSSR count). The minimum absolute atomic E-state index is 0.140. The number of aryl methyl sites for hydroxylation is 1. The van der Waals surface area contributed by atoms with Crippen molar-refractivity contribution >= 4 is 41.4 Å². The quantitative estimate of drug-likeness (QED) is 0.428. The van der Waals surface area contributed by atoms with Crippen molar-refractivity contribution < 1.29 is 14.4 Å². The topological polar surface area (TPSA) is 78.5 Å². The first-order valence-corrected chi connectivity index (χ1v) is 10.8. The van der Waals surface area contributed by atoms with Crippen molar-refractivity contribution in [1.29, 1.82) is 0 Å². The summed E-state index contributed by atoms with van der Waals surface area (Å²) in [5.74, 6) is -0.977. The van der Waals surface area contributed by atoms with Crippen molar-refractivity contribution in [2.75, 3.05) is 11.9 Å². The van der Waals surface area contributed by atoms with Crippen LogP contribution in [0.4, 0.5) is 10.5 Å². The van der Waals surface area contributed by atoms with Crippen LogP contribution in [0.2, 0.25) is 0 Å². The normalized spacial score (nSPS) is 14.5. The third-order valence-corrected chi connectivity index (χ3v) is 5.79. The van der Waals surface area contributed by atoms with E-state index in [1.165, 1.54) is 5.56 Å². The van der Waals surface area contributed by atoms with Gasteiger partial charge in [0.05, 0.1) is 0 Å². The summed E-state index contributed by atoms with van der Waals surface area (Å²) in [6.07, 6.45) is 1.61. The van der Waals surface area contributed by atoms with E-state index < -0.39 is 17.8 Å². The smallest absolute Gasteiger partial charge is 0.325 e. The standard InChI is InChI=1S/C25H21N3O3S/c1-17-7-11-20(12-8-17)32-21-13-9-18(10-14-21)15-22-24(30)28(25(31)27-22)16-23(29)26-19-5-3-2-4-6-19/h2-15H,16H2,1H3,(H,26,29)(H,27,31). The van der Waals surface area contributed by atoms with Gasteiger partial charge >= 0.3 is 6.03 Å². The number of amides is 4. The van der Waals surface area contributed by atoms with Gasteiger partial charge in [-0.15, -0.1) is 0 Å². The maximum Gasteiger partial charge on any atom is 0.329 e. The summed E-state index contributed by atoms with van der Waals surface area (Å²) in [7, 11) is 0. The summed E-state index contributed by atoms with van der Waals surface area (Å²) in [4.78, 5) is 40.2. The van der Waals surface area contributed by atoms with E-state index in [-0.39, 0.29) is 12.2 Å². The van der Waals surface area contributed by atoms with Gasteiger partial charge in [-0.1, -0.05) is 59.8 Å². The van der Waals surface area contributed by atoms with E-state index >= 15 is 0 Å². The number of hydrogen-bond acceptors (Lipinski definition) is 4. The monoisotopic (exact) mass is 443 g/mol. The zero-order valence-electron chi connectivity index (χ0n) is 17.4. The van der Waals surface area contributed by atoms with Crippen LogP contribution in [0.3, 0.4) is 0 Å². The molecule has 1 fully saturated rings. The Morgan fingerprint density at radius 1 is 0.938 bits per heavy atom. The lowest BCUT2D eigenvalue weighted by atomic mass is 10.2. The van der Waals surface area contributed by atoms with E-state index in [0.29, 0.717) is 5.69 Å². The van der Waals surface area contributed by atoms with Crippen molar-refractivity contribution in [1.82, 2.24) is 10.2 Å². The maximum atomic E-state index is 12.6. The van der Waals surface area contributed by atoms with E-state index in [4.69, 9.17) is 0 Å². The number of carbonyl (C=O) groups excluding carboxylic acids is 3. The van der Waals surface area contributed by atoms with E-state index in [1.54, 1.807) is 42.1 Å². The number of nitrogens with zero attached hydrogens (tertiary/aromatic N) is 1. The summed E-state index contributed by atoms with van der Waals surface area (Å²) in [5.41, 5.74) is 2.73. The highest BCUT2D eigenvalue weighted by Crippen LogP contribution is 2.28. The van der Waals surface area contributed by atoms with E-state index in [2.05, 4.69) is 41.8 Å². The van der Waals surface area contributed by atoms with Gasteiger partial charge in [-0.2, -0.15) is 0 Å². The first-order valence-electron chi connectivity index (χ1n) is 10.0. The van der Waals surface area contributed by atoms with Gasteiger partial charge in [-0.3, -0.25) is 9.59 Å². The zero-order valence-corrected chi connectivity index (χ0v) is 18.2. The largest absolute Gasteiger partial charge is 0.329 e. The van der Waals surface area contributed by atoms with Gasteiger partial charge in [0.25, 0.3) is 5.91 Å². The molecule has 32 heavy (non-hydrogen) atoms. The van der Waals surface area contributed by atoms with Gasteiger partial charge in [-0.05, 0) is 55.0 Å². The van der Waals surface area contributed by atoms with Crippen LogP contribution in [0.1, 0.15) is 11.1 Å². The van der Waals surface area contributed by atoms with Crippen molar-refractivity contribution in [3.8, 4) is 0 Å². The second-order valence-corrected chi connectivity index (χ2v) is 8.42. The molecule has 0 aliphatic carbocycles. The Balaban J connectivity index is 1.39. The molecule has 1 heterocycles. The lowest BCUT2D eigenvalue weighted by Gasteiger charge is -2.11. The molecule has 0 bridgehead atoms. The Kier molecular flexibility index (Phi) is 6.37. The van der Waals surface area contributed by atoms with Gasteiger partial charge in [0.2, 0.25) is 5.91 Å². The number of benzene rings is 3. The predicted octanol–water partition coefficient (Wildman–Crippen LogP) is 4.68. The fourth-order valence-corrected chi connectivity index (χ4v) is 3.94. The van der Waals surface area contributed by atoms with Crippen LogP contribution < -0.4 is 10.6 Å². The van der Waals surface area contributed by atoms with E-state index in [1.807, 2.05) is 30.3 Å². The summed E-state index contributed by atoms with van der Waals surface area (Å²) >= 11 is 1.65. The van der Waals surface area contributed by atoms with Gasteiger partial charge in [0, 0.05) is 15.5 Å². The Bertz CT molecular complexity index is 1170. The lowest BCUT2D eigenvalue weighted by Crippen LogP contribution is -2.38. The third-order valence-electron chi connectivity index (χ3n) is 4.77. The number of urea groups is 1. The molecule has 2 N–H and O–H groups in total. The molecule has 1 aliphatic heterocycles. The molecule has 160 valence electrons. The van der Waals surface area contributed by atoms with Crippen molar-refractivity contribution in [2.24, 2.45) is 0 Å². The number of rotatable bonds is 6. The summed E-state index contributed by atoms with van der Waals surface area (Å²) < 4.78 is 0. The molecule has 0 aromatic heterocycles. The van der Waals surface area contributed by atoms with Gasteiger partial charge in [0.1, 0.15) is 12.2 Å². The van der Waals surface area contributed by atoms with Crippen LogP contribution in [0, 0.1) is 6.92 Å². The average Bonchev–Trinajstić information content (AvgIpc) is 3.04. The highest BCUT2D eigenvalue weighted by atomic mass is 32.2. The van der Waals surface area contributed by atoms with Crippen LogP contribution in [0.5, 0.6) is 0 Å². The molecule has 0 unspecified atom stereocenters. The molecule has 0 saturated carbocycles. The molecule has 0 radical (unpaired) electrons. The molecule has 7 heteroatoms. The molecule has 0 atom stereocenters. The van der Waals surface area contributed by atoms with Gasteiger partial charge in [-0.25, -0.2) is 9.69 Å². The van der Waals surface area contributed by atoms with Crippen LogP contribution in [-0.2, 0) is 9.59 Å². The molecule has 0 spiro atoms. The van der Waals surface area contributed by atoms with Crippen molar-refractivity contribution in [3.05, 3.63) is 95.7 Å². The SMILES string of the molecule is Cc1ccc(Sc2ccc(C=C3NC(=O)N(CC(=O)Nc4ccccc4)C3=O)cc2)cc1. The lowest BCUT2D eigenvalue weighted by molar-refractivity contribution is -0.127. The number of hydrogen-bond donors (Lipinski definition) is 2. The average molecular weight is 444 g/mol. The zero-order chi connectivity index (χ0) is 22.5. The van der Waals surface area contributed by atoms with E-state index in [9.17, 15) is 14.4 Å². The highest BCUT2D eigenvalue weighted by molar-refractivity contribution is 7.99. The third kappa shape index (κ3) is 5.25. The first-order chi connectivity index (χ1) is 15.5. The van der Waals surface area contributed by atoms with Crippen LogP contribution >= 0.6 is 11.8 Å². The fourth-order valence-electron chi connectivity index (χ4n) is 3.12. The number of imide groups is 1. The van der Waals surface area contributed by atoms with Crippen molar-refractivity contribution in [2.45, 2.75) is 16.7 Å². The molecular weight excluding hydrogens is 422 g/mol. The van der Waals surface area contributed by atoms with Crippen LogP contribution in [0.15, 0.2) is 94.4 Å². The Morgan fingerprint density at radius 2 is 1.56 bits per heavy atom. The van der Waals surface area contributed by atoms with Gasteiger partial charge < -0.3 is 10.6 Å². The predicted molar refractivity (Wildman–Crippen MR) is 125 cm³/mol. The van der Waals surface area contributed by atoms with E-state index in [0.717, 1.165) is 20.3 Å². The molecule has 3 aromatic carbocycles. The van der Waals surface area contributed by atoms with Gasteiger partial charge in [0.15, 0.2) is 0 Å². The Morgan fingerprint density at radius 3 is 2.22 bits per heavy atom. The second kappa shape index (κ2) is 9.53. The summed E-state index contributed by atoms with van der Waals surface area (Å²) in [5, 5.41) is 5.21. The second-order valence-electron chi connectivity index (χ2n) is 7.28. The minimum Gasteiger partial charge on any atom is -0.325 e. The molecule has 3 aromatic rings. The molecule has 1 aliphatic rings. The Labute approximate surface area is 190 Å². The van der Waals surface area contributed by atoms with Crippen LogP contribution in [-0.4, -0.2) is 29.3 Å². The highest BCUT2D eigenvalue weighted by Gasteiger charge is 2.34. The molecule has 1 saturated heterocycles. The van der Waals surface area contributed by atoms with Crippen LogP contribution in [0.25, 0.3) is 6.08 Å². The minimum atomic E-state index is -0.615. The summed E-state index contributed by atoms with van der Waals surface area (Å²) in [6.45, 7) is 1.69. The number of carbonyl (C=O) groups is 3. The molecule has 6 nitrogen and oxygen atoms in total. The number of para-hydroxylation sites is 1. The number of anilines is 1. The summed E-state index contributed by atoms with van der Waals surface area (Å²) in [6, 6.07) is 24.2. The first kappa shape index (κ1) is 21.4. The number of nitrogens with one attached hydrogen (secondary N) is 2. The Hall–Kier alpha value is -3.84. The molecular formula is C25H21N3O3S. The maximum absolute atomic E-state index is 12.6. The fraction of sp³-hybridized carbons (Fsp3) is 0.0800. The van der Waals surface area contributed by atoms with Crippen molar-refractivity contribution in [3.63, 3.8) is 0 Å².